The van der Waals surface area contributed by atoms with E-state index in [0.717, 1.165) is 6.08 Å². The number of ether oxygens (including phenoxy) is 2. The van der Waals surface area contributed by atoms with Crippen LogP contribution in [0.25, 0.3) is 0 Å². The lowest BCUT2D eigenvalue weighted by atomic mass is 10.0. The summed E-state index contributed by atoms with van der Waals surface area (Å²) in [6, 6.07) is 6.61. The van der Waals surface area contributed by atoms with Gasteiger partial charge >= 0.3 is 5.97 Å². The Balaban J connectivity index is 2.74. The molecule has 110 valence electrons. The smallest absolute Gasteiger partial charge is 0.328 e. The van der Waals surface area contributed by atoms with E-state index in [1.165, 1.54) is 13.2 Å². The summed E-state index contributed by atoms with van der Waals surface area (Å²) >= 11 is 0. The maximum Gasteiger partial charge on any atom is 0.328 e. The molecule has 0 aliphatic rings. The van der Waals surface area contributed by atoms with Crippen molar-refractivity contribution in [2.24, 2.45) is 0 Å². The first-order chi connectivity index (χ1) is 9.58. The van der Waals surface area contributed by atoms with Gasteiger partial charge in [0, 0.05) is 13.2 Å². The average Bonchev–Trinajstić information content (AvgIpc) is 2.45. The highest BCUT2D eigenvalue weighted by Crippen LogP contribution is 2.22. The first-order valence-electron chi connectivity index (χ1n) is 6.04. The van der Waals surface area contributed by atoms with E-state index >= 15 is 0 Å². The predicted molar refractivity (Wildman–Crippen MR) is 71.6 cm³/mol. The molecule has 0 aliphatic heterocycles. The number of benzene rings is 1. The van der Waals surface area contributed by atoms with E-state index in [0.29, 0.717) is 11.3 Å². The maximum atomic E-state index is 10.5. The van der Waals surface area contributed by atoms with E-state index in [2.05, 4.69) is 0 Å². The van der Waals surface area contributed by atoms with Crippen molar-refractivity contribution in [3.05, 3.63) is 42.0 Å². The highest BCUT2D eigenvalue weighted by atomic mass is 16.5. The number of hydrogen-bond acceptors (Lipinski definition) is 5. The van der Waals surface area contributed by atoms with Crippen LogP contribution < -0.4 is 4.74 Å². The fourth-order valence-electron chi connectivity index (χ4n) is 1.60. The predicted octanol–water partition coefficient (Wildman–Crippen LogP) is 0.747. The van der Waals surface area contributed by atoms with Crippen LogP contribution in [0.4, 0.5) is 0 Å². The third-order valence-electron chi connectivity index (χ3n) is 2.59. The summed E-state index contributed by atoms with van der Waals surface area (Å²) in [6.45, 7) is 0.125. The number of aliphatic hydroxyl groups excluding tert-OH is 2. The van der Waals surface area contributed by atoms with Crippen LogP contribution in [0, 0.1) is 0 Å². The molecule has 0 unspecified atom stereocenters. The molecule has 0 bridgehead atoms. The van der Waals surface area contributed by atoms with Crippen LogP contribution in [0.15, 0.2) is 36.4 Å². The van der Waals surface area contributed by atoms with Crippen molar-refractivity contribution in [2.75, 3.05) is 20.3 Å². The number of carbonyl (C=O) groups is 1. The van der Waals surface area contributed by atoms with Crippen molar-refractivity contribution in [2.45, 2.75) is 12.2 Å². The van der Waals surface area contributed by atoms with Crippen LogP contribution in [-0.4, -0.2) is 47.7 Å². The van der Waals surface area contributed by atoms with Gasteiger partial charge in [0.1, 0.15) is 24.6 Å². The first-order valence-corrected chi connectivity index (χ1v) is 6.04. The van der Waals surface area contributed by atoms with Crippen molar-refractivity contribution in [3.8, 4) is 5.75 Å². The summed E-state index contributed by atoms with van der Waals surface area (Å²) in [6.07, 6.45) is 0.469. The fourth-order valence-corrected chi connectivity index (χ4v) is 1.60. The third-order valence-corrected chi connectivity index (χ3v) is 2.59. The molecule has 6 nitrogen and oxygen atoms in total. The SMILES string of the molecule is CO[C@H](/C=C/C(=O)O)[C@H](O)c1ccc(OCCO)cc1. The molecule has 3 N–H and O–H groups in total. The number of methoxy groups -OCH3 is 1. The largest absolute Gasteiger partial charge is 0.491 e. The van der Waals surface area contributed by atoms with Gasteiger partial charge in [-0.05, 0) is 23.8 Å². The molecule has 0 heterocycles. The number of carboxylic acids is 1. The first kappa shape index (κ1) is 16.2. The molecule has 0 aromatic heterocycles. The van der Waals surface area contributed by atoms with E-state index in [9.17, 15) is 9.90 Å². The summed E-state index contributed by atoms with van der Waals surface area (Å²) in [5.74, 6) is -0.531. The molecular formula is C14H18O6. The number of aliphatic carboxylic acids is 1. The van der Waals surface area contributed by atoms with Gasteiger partial charge in [-0.25, -0.2) is 4.79 Å². The molecule has 2 atom stereocenters. The number of aliphatic hydroxyl groups is 2. The van der Waals surface area contributed by atoms with E-state index in [1.807, 2.05) is 0 Å². The second-order valence-corrected chi connectivity index (χ2v) is 3.98. The van der Waals surface area contributed by atoms with E-state index < -0.39 is 18.2 Å². The summed E-state index contributed by atoms with van der Waals surface area (Å²) < 4.78 is 10.2. The molecule has 6 heteroatoms. The average molecular weight is 282 g/mol. The van der Waals surface area contributed by atoms with Crippen LogP contribution in [0.5, 0.6) is 5.75 Å². The van der Waals surface area contributed by atoms with E-state index in [-0.39, 0.29) is 13.2 Å². The number of hydrogen-bond donors (Lipinski definition) is 3. The maximum absolute atomic E-state index is 10.5. The van der Waals surface area contributed by atoms with Gasteiger partial charge in [-0.15, -0.1) is 0 Å². The Bertz CT molecular complexity index is 439. The molecule has 0 aliphatic carbocycles. The van der Waals surface area contributed by atoms with Crippen molar-refractivity contribution >= 4 is 5.97 Å². The van der Waals surface area contributed by atoms with Gasteiger partial charge < -0.3 is 24.8 Å². The van der Waals surface area contributed by atoms with E-state index in [1.54, 1.807) is 24.3 Å². The van der Waals surface area contributed by atoms with Gasteiger partial charge in [-0.3, -0.25) is 0 Å². The Labute approximate surface area is 116 Å². The molecule has 1 aromatic carbocycles. The zero-order valence-electron chi connectivity index (χ0n) is 11.1. The minimum atomic E-state index is -1.10. The highest BCUT2D eigenvalue weighted by molar-refractivity contribution is 5.79. The Morgan fingerprint density at radius 3 is 2.50 bits per heavy atom. The van der Waals surface area contributed by atoms with Crippen molar-refractivity contribution in [1.29, 1.82) is 0 Å². The lowest BCUT2D eigenvalue weighted by Crippen LogP contribution is -2.18. The van der Waals surface area contributed by atoms with Crippen LogP contribution in [0.1, 0.15) is 11.7 Å². The van der Waals surface area contributed by atoms with Crippen LogP contribution in [0.2, 0.25) is 0 Å². The van der Waals surface area contributed by atoms with Gasteiger partial charge in [0.25, 0.3) is 0 Å². The molecule has 0 spiro atoms. The topological polar surface area (TPSA) is 96.2 Å². The summed E-state index contributed by atoms with van der Waals surface area (Å²) in [4.78, 5) is 10.5. The molecular weight excluding hydrogens is 264 g/mol. The quantitative estimate of drug-likeness (QED) is 0.609. The third kappa shape index (κ3) is 5.00. The van der Waals surface area contributed by atoms with Crippen molar-refractivity contribution in [1.82, 2.24) is 0 Å². The zero-order valence-corrected chi connectivity index (χ0v) is 11.1. The van der Waals surface area contributed by atoms with Crippen LogP contribution in [-0.2, 0) is 9.53 Å². The second kappa shape index (κ2) is 8.31. The monoisotopic (exact) mass is 282 g/mol. The summed E-state index contributed by atoms with van der Waals surface area (Å²) in [5.41, 5.74) is 0.572. The Morgan fingerprint density at radius 2 is 2.00 bits per heavy atom. The molecule has 0 saturated carbocycles. The van der Waals surface area contributed by atoms with Gasteiger partial charge in [0.05, 0.1) is 6.61 Å². The molecule has 0 radical (unpaired) electrons. The molecule has 1 aromatic rings. The van der Waals surface area contributed by atoms with Gasteiger partial charge in [0.2, 0.25) is 0 Å². The molecule has 1 rings (SSSR count). The molecule has 0 saturated heterocycles. The van der Waals surface area contributed by atoms with Crippen LogP contribution >= 0.6 is 0 Å². The lowest BCUT2D eigenvalue weighted by molar-refractivity contribution is -0.131. The second-order valence-electron chi connectivity index (χ2n) is 3.98. The molecule has 0 amide bonds. The number of rotatable bonds is 8. The van der Waals surface area contributed by atoms with Gasteiger partial charge in [-0.2, -0.15) is 0 Å². The van der Waals surface area contributed by atoms with Crippen LogP contribution in [0.3, 0.4) is 0 Å². The minimum Gasteiger partial charge on any atom is -0.491 e. The fraction of sp³-hybridized carbons (Fsp3) is 0.357. The molecule has 20 heavy (non-hydrogen) atoms. The Kier molecular flexibility index (Phi) is 6.72. The Hall–Kier alpha value is -1.89. The number of carboxylic acid groups (broad SMARTS) is 1. The van der Waals surface area contributed by atoms with Crippen molar-refractivity contribution < 1.29 is 29.6 Å². The standard InChI is InChI=1S/C14H18O6/c1-19-12(6-7-13(16)17)14(18)10-2-4-11(5-3-10)20-9-8-15/h2-7,12,14-15,18H,8-9H2,1H3,(H,16,17)/b7-6+/t12-,14-/m1/s1. The highest BCUT2D eigenvalue weighted by Gasteiger charge is 2.18. The van der Waals surface area contributed by atoms with Gasteiger partial charge in [0.15, 0.2) is 0 Å². The normalized spacial score (nSPS) is 14.2. The van der Waals surface area contributed by atoms with E-state index in [4.69, 9.17) is 19.7 Å². The minimum absolute atomic E-state index is 0.0733. The lowest BCUT2D eigenvalue weighted by Gasteiger charge is -2.19. The molecule has 0 fully saturated rings. The summed E-state index contributed by atoms with van der Waals surface area (Å²) in [7, 11) is 1.39. The zero-order chi connectivity index (χ0) is 15.0. The van der Waals surface area contributed by atoms with Gasteiger partial charge in [-0.1, -0.05) is 12.1 Å². The van der Waals surface area contributed by atoms with Crippen molar-refractivity contribution in [3.63, 3.8) is 0 Å². The summed E-state index contributed by atoms with van der Waals surface area (Å²) in [5, 5.41) is 27.3. The Morgan fingerprint density at radius 1 is 1.35 bits per heavy atom.